The van der Waals surface area contributed by atoms with E-state index in [2.05, 4.69) is 0 Å². The van der Waals surface area contributed by atoms with E-state index in [4.69, 9.17) is 21.1 Å². The Hall–Kier alpha value is -1.93. The molecule has 0 aliphatic carbocycles. The number of carbonyl (C=O) groups excluding carboxylic acids is 1. The predicted octanol–water partition coefficient (Wildman–Crippen LogP) is 3.14. The Morgan fingerprint density at radius 2 is 1.93 bits per heavy atom. The van der Waals surface area contributed by atoms with E-state index < -0.39 is 16.0 Å². The van der Waals surface area contributed by atoms with E-state index >= 15 is 0 Å². The minimum Gasteiger partial charge on any atom is -0.423 e. The normalized spacial score (nSPS) is 15.5. The van der Waals surface area contributed by atoms with Gasteiger partial charge in [-0.2, -0.15) is 4.31 Å². The molecule has 6 nitrogen and oxygen atoms in total. The first-order valence-corrected chi connectivity index (χ1v) is 10.4. The molecule has 1 heterocycles. The monoisotopic (exact) mass is 409 g/mol. The number of nitrogens with zero attached hydrogens (tertiary/aromatic N) is 1. The van der Waals surface area contributed by atoms with E-state index in [-0.39, 0.29) is 10.5 Å². The number of ether oxygens (including phenoxy) is 2. The highest BCUT2D eigenvalue weighted by Crippen LogP contribution is 2.24. The van der Waals surface area contributed by atoms with Crippen LogP contribution in [0.25, 0.3) is 0 Å². The maximum absolute atomic E-state index is 12.7. The Kier molecular flexibility index (Phi) is 6.16. The fraction of sp³-hybridized carbons (Fsp3) is 0.316. The fourth-order valence-corrected chi connectivity index (χ4v) is 4.48. The molecule has 0 saturated carbocycles. The lowest BCUT2D eigenvalue weighted by Gasteiger charge is -2.26. The van der Waals surface area contributed by atoms with Crippen molar-refractivity contribution in [1.82, 2.24) is 4.31 Å². The number of rotatable bonds is 5. The minimum absolute atomic E-state index is 0.0594. The lowest BCUT2D eigenvalue weighted by molar-refractivity contribution is 0.0727. The van der Waals surface area contributed by atoms with Crippen LogP contribution in [0.1, 0.15) is 22.8 Å². The Morgan fingerprint density at radius 3 is 2.63 bits per heavy atom. The maximum Gasteiger partial charge on any atom is 0.343 e. The predicted molar refractivity (Wildman–Crippen MR) is 102 cm³/mol. The van der Waals surface area contributed by atoms with Gasteiger partial charge in [0, 0.05) is 18.1 Å². The molecule has 3 rings (SSSR count). The van der Waals surface area contributed by atoms with Crippen molar-refractivity contribution in [3.63, 3.8) is 0 Å². The number of hydrogen-bond acceptors (Lipinski definition) is 5. The Morgan fingerprint density at radius 1 is 1.19 bits per heavy atom. The molecule has 0 amide bonds. The molecule has 0 atom stereocenters. The maximum atomic E-state index is 12.7. The molecule has 8 heteroatoms. The number of halogens is 1. The summed E-state index contributed by atoms with van der Waals surface area (Å²) >= 11 is 6.07. The molecular formula is C19H20ClNO5S. The standard InChI is InChI=1S/C19H20ClNO5S/c1-2-14-12-16(6-7-18(14)20)26-19(22)15-4-3-5-17(13-15)27(23,24)21-8-10-25-11-9-21/h3-7,12-13H,2,8-11H2,1H3. The average Bonchev–Trinajstić information content (AvgIpc) is 2.70. The van der Waals surface area contributed by atoms with Crippen LogP contribution in [0.3, 0.4) is 0 Å². The number of benzene rings is 2. The molecule has 1 saturated heterocycles. The zero-order valence-corrected chi connectivity index (χ0v) is 16.4. The van der Waals surface area contributed by atoms with Gasteiger partial charge >= 0.3 is 5.97 Å². The van der Waals surface area contributed by atoms with Crippen molar-refractivity contribution >= 4 is 27.6 Å². The minimum atomic E-state index is -3.68. The second-order valence-electron chi connectivity index (χ2n) is 6.04. The second-order valence-corrected chi connectivity index (χ2v) is 8.39. The zero-order valence-electron chi connectivity index (χ0n) is 14.9. The summed E-state index contributed by atoms with van der Waals surface area (Å²) in [4.78, 5) is 12.5. The number of sulfonamides is 1. The van der Waals surface area contributed by atoms with E-state index in [1.54, 1.807) is 18.2 Å². The van der Waals surface area contributed by atoms with Crippen molar-refractivity contribution in [2.24, 2.45) is 0 Å². The Bertz CT molecular complexity index is 939. The largest absolute Gasteiger partial charge is 0.423 e. The van der Waals surface area contributed by atoms with Crippen LogP contribution in [0.15, 0.2) is 47.4 Å². The van der Waals surface area contributed by atoms with Gasteiger partial charge in [0.05, 0.1) is 23.7 Å². The average molecular weight is 410 g/mol. The summed E-state index contributed by atoms with van der Waals surface area (Å²) in [5, 5.41) is 0.607. The third kappa shape index (κ3) is 4.50. The van der Waals surface area contributed by atoms with Gasteiger partial charge in [-0.15, -0.1) is 0 Å². The van der Waals surface area contributed by atoms with Gasteiger partial charge in [0.25, 0.3) is 0 Å². The van der Waals surface area contributed by atoms with E-state index in [1.165, 1.54) is 28.6 Å². The smallest absolute Gasteiger partial charge is 0.343 e. The highest BCUT2D eigenvalue weighted by atomic mass is 35.5. The van der Waals surface area contributed by atoms with Crippen LogP contribution in [0, 0.1) is 0 Å². The molecule has 1 aliphatic rings. The van der Waals surface area contributed by atoms with Crippen molar-refractivity contribution in [2.75, 3.05) is 26.3 Å². The number of esters is 1. The molecule has 0 N–H and O–H groups in total. The summed E-state index contributed by atoms with van der Waals surface area (Å²) in [6.07, 6.45) is 0.706. The van der Waals surface area contributed by atoms with E-state index in [0.717, 1.165) is 5.56 Å². The topological polar surface area (TPSA) is 72.9 Å². The van der Waals surface area contributed by atoms with E-state index in [1.807, 2.05) is 6.92 Å². The fourth-order valence-electron chi connectivity index (χ4n) is 2.77. The van der Waals surface area contributed by atoms with E-state index in [0.29, 0.717) is 43.5 Å². The van der Waals surface area contributed by atoms with Crippen LogP contribution in [-0.4, -0.2) is 45.0 Å². The molecule has 0 spiro atoms. The molecule has 0 unspecified atom stereocenters. The molecule has 144 valence electrons. The lowest BCUT2D eigenvalue weighted by Crippen LogP contribution is -2.40. The zero-order chi connectivity index (χ0) is 19.4. The van der Waals surface area contributed by atoms with Gasteiger partial charge in [0.15, 0.2) is 0 Å². The van der Waals surface area contributed by atoms with Gasteiger partial charge in [0.1, 0.15) is 5.75 Å². The molecule has 0 aromatic heterocycles. The Balaban J connectivity index is 1.81. The molecule has 1 aliphatic heterocycles. The van der Waals surface area contributed by atoms with Crippen LogP contribution in [-0.2, 0) is 21.2 Å². The second kappa shape index (κ2) is 8.39. The van der Waals surface area contributed by atoms with Crippen LogP contribution in [0.5, 0.6) is 5.75 Å². The Labute approximate surface area is 163 Å². The van der Waals surface area contributed by atoms with Crippen LogP contribution in [0.4, 0.5) is 0 Å². The van der Waals surface area contributed by atoms with Crippen molar-refractivity contribution in [1.29, 1.82) is 0 Å². The van der Waals surface area contributed by atoms with Crippen molar-refractivity contribution in [2.45, 2.75) is 18.2 Å². The van der Waals surface area contributed by atoms with Crippen LogP contribution >= 0.6 is 11.6 Å². The molecule has 27 heavy (non-hydrogen) atoms. The first-order valence-electron chi connectivity index (χ1n) is 8.60. The quantitative estimate of drug-likeness (QED) is 0.560. The molecule has 1 fully saturated rings. The van der Waals surface area contributed by atoms with E-state index in [9.17, 15) is 13.2 Å². The third-order valence-corrected chi connectivity index (χ3v) is 6.55. The summed E-state index contributed by atoms with van der Waals surface area (Å²) in [6, 6.07) is 10.8. The SMILES string of the molecule is CCc1cc(OC(=O)c2cccc(S(=O)(=O)N3CCOCC3)c2)ccc1Cl. The first-order chi connectivity index (χ1) is 12.9. The first kappa shape index (κ1) is 19.8. The highest BCUT2D eigenvalue weighted by Gasteiger charge is 2.27. The summed E-state index contributed by atoms with van der Waals surface area (Å²) in [5.41, 5.74) is 1.03. The lowest BCUT2D eigenvalue weighted by atomic mass is 10.1. The van der Waals surface area contributed by atoms with Crippen molar-refractivity contribution in [3.8, 4) is 5.75 Å². The third-order valence-electron chi connectivity index (χ3n) is 4.29. The summed E-state index contributed by atoms with van der Waals surface area (Å²) in [5.74, 6) is -0.263. The van der Waals surface area contributed by atoms with Crippen molar-refractivity contribution < 1.29 is 22.7 Å². The number of hydrogen-bond donors (Lipinski definition) is 0. The van der Waals surface area contributed by atoms with Gasteiger partial charge < -0.3 is 9.47 Å². The van der Waals surface area contributed by atoms with Crippen molar-refractivity contribution in [3.05, 3.63) is 58.6 Å². The van der Waals surface area contributed by atoms with Gasteiger partial charge in [-0.3, -0.25) is 0 Å². The number of morpholine rings is 1. The summed E-state index contributed by atoms with van der Waals surface area (Å²) in [6.45, 7) is 3.25. The van der Waals surface area contributed by atoms with Gasteiger partial charge in [-0.05, 0) is 48.4 Å². The number of carbonyl (C=O) groups is 1. The van der Waals surface area contributed by atoms with Gasteiger partial charge in [-0.25, -0.2) is 13.2 Å². The van der Waals surface area contributed by atoms with Gasteiger partial charge in [0.2, 0.25) is 10.0 Å². The van der Waals surface area contributed by atoms with Crippen LogP contribution < -0.4 is 4.74 Å². The summed E-state index contributed by atoms with van der Waals surface area (Å²) < 4.78 is 37.4. The van der Waals surface area contributed by atoms with Gasteiger partial charge in [-0.1, -0.05) is 24.6 Å². The molecule has 0 bridgehead atoms. The summed E-state index contributed by atoms with van der Waals surface area (Å²) in [7, 11) is -3.68. The molecule has 2 aromatic rings. The van der Waals surface area contributed by atoms with Crippen LogP contribution in [0.2, 0.25) is 5.02 Å². The molecule has 0 radical (unpaired) electrons. The molecule has 2 aromatic carbocycles. The highest BCUT2D eigenvalue weighted by molar-refractivity contribution is 7.89. The molecular weight excluding hydrogens is 390 g/mol. The number of aryl methyl sites for hydroxylation is 1.